The number of aromatic nitrogens is 2. The van der Waals surface area contributed by atoms with Gasteiger partial charge in [-0.05, 0) is 56.4 Å². The molecule has 1 aliphatic heterocycles. The van der Waals surface area contributed by atoms with Crippen LogP contribution in [0.3, 0.4) is 0 Å². The summed E-state index contributed by atoms with van der Waals surface area (Å²) < 4.78 is 51.8. The van der Waals surface area contributed by atoms with Crippen molar-refractivity contribution in [1.82, 2.24) is 25.1 Å². The highest BCUT2D eigenvalue weighted by molar-refractivity contribution is 5.81. The second kappa shape index (κ2) is 15.5. The average Bonchev–Trinajstić information content (AvgIpc) is 3.62. The first-order valence-electron chi connectivity index (χ1n) is 16.1. The lowest BCUT2D eigenvalue weighted by atomic mass is 9.79. The molecule has 3 aromatic rings. The number of hydrogen-bond donors (Lipinski definition) is 4. The predicted octanol–water partition coefficient (Wildman–Crippen LogP) is 4.60. The molecule has 4 N–H and O–H groups in total. The molecule has 2 amide bonds. The molecule has 48 heavy (non-hydrogen) atoms. The number of carbonyl (C=O) groups excluding carboxylic acids is 2. The third-order valence-corrected chi connectivity index (χ3v) is 8.65. The van der Waals surface area contributed by atoms with E-state index in [1.54, 1.807) is 24.6 Å². The molecule has 0 bridgehead atoms. The number of aliphatic hydroxyl groups excluding tert-OH is 2. The highest BCUT2D eigenvalue weighted by atomic mass is 19.1. The zero-order valence-electron chi connectivity index (χ0n) is 28.1. The minimum Gasteiger partial charge on any atom is -0.450 e. The average molecular weight is 674 g/mol. The molecule has 0 saturated carbocycles. The molecule has 2 aromatic carbocycles. The first kappa shape index (κ1) is 36.9. The number of halogens is 3. The number of nitrogens with one attached hydrogen (secondary N) is 2. The monoisotopic (exact) mass is 673 g/mol. The van der Waals surface area contributed by atoms with Crippen LogP contribution in [0.2, 0.25) is 0 Å². The molecule has 262 valence electrons. The van der Waals surface area contributed by atoms with E-state index in [2.05, 4.69) is 10.6 Å². The van der Waals surface area contributed by atoms with E-state index in [0.717, 1.165) is 23.8 Å². The van der Waals surface area contributed by atoms with Gasteiger partial charge >= 0.3 is 6.09 Å². The van der Waals surface area contributed by atoms with Crippen LogP contribution in [0.5, 0.6) is 0 Å². The van der Waals surface area contributed by atoms with E-state index < -0.39 is 58.8 Å². The Morgan fingerprint density at radius 1 is 1.15 bits per heavy atom. The van der Waals surface area contributed by atoms with Gasteiger partial charge in [0.1, 0.15) is 29.7 Å². The van der Waals surface area contributed by atoms with Gasteiger partial charge in [-0.1, -0.05) is 44.2 Å². The maximum absolute atomic E-state index is 15.1. The van der Waals surface area contributed by atoms with Gasteiger partial charge < -0.3 is 35.1 Å². The van der Waals surface area contributed by atoms with Gasteiger partial charge in [0.15, 0.2) is 0 Å². The SMILES string of the molecule is C[C@H](O)C(=O)N(CC1CNCC1F)C(c1nc(-c2cc(F)ccc2F)cn1Cc1ccccc1)C(C)(C)CCOC(=O)NC(C)(C)CO. The largest absolute Gasteiger partial charge is 0.450 e. The van der Waals surface area contributed by atoms with Crippen LogP contribution in [0, 0.1) is 23.0 Å². The van der Waals surface area contributed by atoms with Gasteiger partial charge in [-0.15, -0.1) is 0 Å². The number of aliphatic hydroxyl groups is 2. The van der Waals surface area contributed by atoms with Gasteiger partial charge in [0, 0.05) is 43.9 Å². The summed E-state index contributed by atoms with van der Waals surface area (Å²) in [7, 11) is 0. The van der Waals surface area contributed by atoms with Crippen molar-refractivity contribution in [2.45, 2.75) is 71.4 Å². The molecular formula is C35H46F3N5O5. The Morgan fingerprint density at radius 2 is 1.85 bits per heavy atom. The predicted molar refractivity (Wildman–Crippen MR) is 175 cm³/mol. The summed E-state index contributed by atoms with van der Waals surface area (Å²) in [6.07, 6.45) is -1.68. The Balaban J connectivity index is 1.84. The molecule has 1 aromatic heterocycles. The van der Waals surface area contributed by atoms with Crippen molar-refractivity contribution < 1.29 is 37.7 Å². The minimum absolute atomic E-state index is 0.0696. The van der Waals surface area contributed by atoms with Crippen LogP contribution in [0.15, 0.2) is 54.7 Å². The summed E-state index contributed by atoms with van der Waals surface area (Å²) in [6, 6.07) is 11.5. The number of benzene rings is 2. The second-order valence-electron chi connectivity index (χ2n) is 13.8. The molecule has 0 spiro atoms. The van der Waals surface area contributed by atoms with Crippen molar-refractivity contribution in [2.24, 2.45) is 11.3 Å². The van der Waals surface area contributed by atoms with Crippen molar-refractivity contribution >= 4 is 12.0 Å². The molecule has 4 rings (SSSR count). The van der Waals surface area contributed by atoms with E-state index in [0.29, 0.717) is 12.4 Å². The van der Waals surface area contributed by atoms with E-state index in [-0.39, 0.29) is 50.5 Å². The van der Waals surface area contributed by atoms with E-state index in [4.69, 9.17) is 9.72 Å². The van der Waals surface area contributed by atoms with Crippen molar-refractivity contribution in [1.29, 1.82) is 0 Å². The van der Waals surface area contributed by atoms with Crippen molar-refractivity contribution in [3.63, 3.8) is 0 Å². The smallest absolute Gasteiger partial charge is 0.407 e. The summed E-state index contributed by atoms with van der Waals surface area (Å²) >= 11 is 0. The number of alkyl halides is 1. The van der Waals surface area contributed by atoms with E-state index >= 15 is 8.78 Å². The number of amides is 2. The van der Waals surface area contributed by atoms with Crippen LogP contribution in [0.25, 0.3) is 11.3 Å². The number of nitrogens with zero attached hydrogens (tertiary/aromatic N) is 3. The van der Waals surface area contributed by atoms with Crippen LogP contribution in [-0.2, 0) is 16.1 Å². The van der Waals surface area contributed by atoms with Crippen LogP contribution in [0.1, 0.15) is 58.5 Å². The Morgan fingerprint density at radius 3 is 2.48 bits per heavy atom. The molecule has 1 fully saturated rings. The van der Waals surface area contributed by atoms with E-state index in [9.17, 15) is 24.2 Å². The van der Waals surface area contributed by atoms with Crippen LogP contribution in [-0.4, -0.2) is 87.3 Å². The Kier molecular flexibility index (Phi) is 11.9. The summed E-state index contributed by atoms with van der Waals surface area (Å²) in [4.78, 5) is 32.7. The van der Waals surface area contributed by atoms with Gasteiger partial charge in [0.2, 0.25) is 0 Å². The number of alkyl carbamates (subject to hydrolysis) is 1. The second-order valence-corrected chi connectivity index (χ2v) is 13.8. The summed E-state index contributed by atoms with van der Waals surface area (Å²) in [5.74, 6) is -2.31. The fourth-order valence-corrected chi connectivity index (χ4v) is 5.88. The first-order valence-corrected chi connectivity index (χ1v) is 16.1. The Bertz CT molecular complexity index is 1550. The molecule has 13 heteroatoms. The zero-order valence-corrected chi connectivity index (χ0v) is 28.1. The molecule has 0 aliphatic carbocycles. The van der Waals surface area contributed by atoms with E-state index in [1.807, 2.05) is 44.2 Å². The molecule has 0 radical (unpaired) electrons. The number of imidazole rings is 1. The van der Waals surface area contributed by atoms with Crippen LogP contribution >= 0.6 is 0 Å². The lowest BCUT2D eigenvalue weighted by molar-refractivity contribution is -0.146. The topological polar surface area (TPSA) is 129 Å². The maximum atomic E-state index is 15.1. The lowest BCUT2D eigenvalue weighted by Gasteiger charge is -2.43. The van der Waals surface area contributed by atoms with Gasteiger partial charge in [-0.25, -0.2) is 22.9 Å². The number of rotatable bonds is 14. The Hall–Kier alpha value is -3.94. The summed E-state index contributed by atoms with van der Waals surface area (Å²) in [6.45, 7) is 8.46. The molecular weight excluding hydrogens is 627 g/mol. The maximum Gasteiger partial charge on any atom is 0.407 e. The van der Waals surface area contributed by atoms with Gasteiger partial charge in [-0.3, -0.25) is 4.79 Å². The van der Waals surface area contributed by atoms with Gasteiger partial charge in [-0.2, -0.15) is 0 Å². The van der Waals surface area contributed by atoms with Crippen molar-refractivity contribution in [3.8, 4) is 11.3 Å². The number of hydrogen-bond acceptors (Lipinski definition) is 7. The van der Waals surface area contributed by atoms with Crippen molar-refractivity contribution in [3.05, 3.63) is 77.8 Å². The third kappa shape index (κ3) is 9.14. The minimum atomic E-state index is -1.45. The molecule has 1 aliphatic rings. The molecule has 2 heterocycles. The van der Waals surface area contributed by atoms with E-state index in [1.165, 1.54) is 11.8 Å². The molecule has 4 atom stereocenters. The third-order valence-electron chi connectivity index (χ3n) is 8.65. The van der Waals surface area contributed by atoms with Gasteiger partial charge in [0.25, 0.3) is 5.91 Å². The number of ether oxygens (including phenoxy) is 1. The van der Waals surface area contributed by atoms with Crippen LogP contribution < -0.4 is 10.6 Å². The molecule has 10 nitrogen and oxygen atoms in total. The van der Waals surface area contributed by atoms with Crippen LogP contribution in [0.4, 0.5) is 18.0 Å². The summed E-state index contributed by atoms with van der Waals surface area (Å²) in [5, 5.41) is 25.7. The lowest BCUT2D eigenvalue weighted by Crippen LogP contribution is -2.50. The normalized spacial score (nSPS) is 18.0. The Labute approximate surface area is 279 Å². The fourth-order valence-electron chi connectivity index (χ4n) is 5.88. The molecule has 3 unspecified atom stereocenters. The quantitative estimate of drug-likeness (QED) is 0.197. The fraction of sp³-hybridized carbons (Fsp3) is 0.514. The van der Waals surface area contributed by atoms with Crippen molar-refractivity contribution in [2.75, 3.05) is 32.8 Å². The highest BCUT2D eigenvalue weighted by Crippen LogP contribution is 2.43. The standard InChI is InChI=1S/C35H46F3N5O5/c1-22(45)32(46)43(19-24-16-39-17-28(24)38)30(34(2,3)13-14-48-33(47)41-35(4,5)21-44)31-40-29(26-15-25(36)11-12-27(26)37)20-42(31)18-23-9-7-6-8-10-23/h6-12,15,20,22,24,28,30,39,44-45H,13-14,16-19,21H2,1-5H3,(H,41,47)/t22-,24?,28?,30?/m0/s1. The molecule has 1 saturated heterocycles. The first-order chi connectivity index (χ1) is 22.6. The zero-order chi connectivity index (χ0) is 35.2. The highest BCUT2D eigenvalue weighted by Gasteiger charge is 2.44. The van der Waals surface area contributed by atoms with Gasteiger partial charge in [0.05, 0.1) is 30.5 Å². The summed E-state index contributed by atoms with van der Waals surface area (Å²) in [5.41, 5.74) is -0.965. The number of carbonyl (C=O) groups is 2.